The van der Waals surface area contributed by atoms with Gasteiger partial charge in [0, 0.05) is 37.9 Å². The van der Waals surface area contributed by atoms with Crippen LogP contribution in [0.3, 0.4) is 0 Å². The van der Waals surface area contributed by atoms with Crippen LogP contribution in [0, 0.1) is 5.92 Å². The number of aryl methyl sites for hydroxylation is 1. The average molecular weight is 357 g/mol. The largest absolute Gasteiger partial charge is 0.362 e. The highest BCUT2D eigenvalue weighted by Gasteiger charge is 2.25. The van der Waals surface area contributed by atoms with E-state index in [1.54, 1.807) is 19.0 Å². The van der Waals surface area contributed by atoms with Gasteiger partial charge in [0.25, 0.3) is 5.91 Å². The van der Waals surface area contributed by atoms with E-state index < -0.39 is 0 Å². The predicted octanol–water partition coefficient (Wildman–Crippen LogP) is 2.84. The molecule has 0 bridgehead atoms. The molecule has 26 heavy (non-hydrogen) atoms. The van der Waals surface area contributed by atoms with Crippen molar-refractivity contribution in [3.63, 3.8) is 0 Å². The van der Waals surface area contributed by atoms with Gasteiger partial charge < -0.3 is 15.1 Å². The summed E-state index contributed by atoms with van der Waals surface area (Å²) in [6.07, 6.45) is 6.77. The third kappa shape index (κ3) is 4.19. The Labute approximate surface area is 156 Å². The molecule has 3 rings (SSSR count). The number of hydrogen-bond acceptors (Lipinski definition) is 3. The van der Waals surface area contributed by atoms with Crippen molar-refractivity contribution in [1.29, 1.82) is 0 Å². The fraction of sp³-hybridized carbons (Fsp3) is 0.619. The Balaban J connectivity index is 1.67. The number of fused-ring (bicyclic) bond motifs is 1. The van der Waals surface area contributed by atoms with Crippen LogP contribution in [0.15, 0.2) is 18.2 Å². The SMILES string of the molecule is C[C@@H]1CCCC[C@@H]1NC(=O)CN1CCCc2cc(C(=O)N(C)C)ccc21. The van der Waals surface area contributed by atoms with E-state index in [1.165, 1.54) is 24.8 Å². The molecule has 1 aromatic carbocycles. The molecule has 0 unspecified atom stereocenters. The number of amides is 2. The molecule has 142 valence electrons. The molecule has 1 fully saturated rings. The maximum atomic E-state index is 12.6. The summed E-state index contributed by atoms with van der Waals surface area (Å²) in [5.74, 6) is 0.708. The molecule has 5 heteroatoms. The summed E-state index contributed by atoms with van der Waals surface area (Å²) in [6.45, 7) is 3.53. The molecule has 1 N–H and O–H groups in total. The zero-order valence-electron chi connectivity index (χ0n) is 16.3. The first-order valence-corrected chi connectivity index (χ1v) is 9.84. The van der Waals surface area contributed by atoms with E-state index in [4.69, 9.17) is 0 Å². The molecule has 2 aliphatic rings. The van der Waals surface area contributed by atoms with Crippen molar-refractivity contribution in [2.45, 2.75) is 51.5 Å². The van der Waals surface area contributed by atoms with Crippen molar-refractivity contribution < 1.29 is 9.59 Å². The first kappa shape index (κ1) is 18.7. The minimum Gasteiger partial charge on any atom is -0.362 e. The van der Waals surface area contributed by atoms with Crippen molar-refractivity contribution in [2.24, 2.45) is 5.92 Å². The number of hydrogen-bond donors (Lipinski definition) is 1. The van der Waals surface area contributed by atoms with Gasteiger partial charge >= 0.3 is 0 Å². The lowest BCUT2D eigenvalue weighted by molar-refractivity contribution is -0.121. The normalized spacial score (nSPS) is 22.5. The smallest absolute Gasteiger partial charge is 0.253 e. The Morgan fingerprint density at radius 1 is 1.19 bits per heavy atom. The summed E-state index contributed by atoms with van der Waals surface area (Å²) in [7, 11) is 3.54. The van der Waals surface area contributed by atoms with Crippen molar-refractivity contribution >= 4 is 17.5 Å². The Kier molecular flexibility index (Phi) is 5.84. The number of benzene rings is 1. The first-order chi connectivity index (χ1) is 12.5. The van der Waals surface area contributed by atoms with Crippen molar-refractivity contribution in [1.82, 2.24) is 10.2 Å². The highest BCUT2D eigenvalue weighted by Crippen LogP contribution is 2.28. The van der Waals surface area contributed by atoms with Crippen LogP contribution in [0.5, 0.6) is 0 Å². The van der Waals surface area contributed by atoms with Crippen LogP contribution in [0.1, 0.15) is 54.9 Å². The second kappa shape index (κ2) is 8.11. The molecule has 5 nitrogen and oxygen atoms in total. The standard InChI is InChI=1S/C21H31N3O2/c1-15-7-4-5-9-18(15)22-20(25)14-24-12-6-8-16-13-17(10-11-19(16)24)21(26)23(2)3/h10-11,13,15,18H,4-9,12,14H2,1-3H3,(H,22,25)/t15-,18+/m1/s1. The van der Waals surface area contributed by atoms with E-state index in [9.17, 15) is 9.59 Å². The monoisotopic (exact) mass is 357 g/mol. The lowest BCUT2D eigenvalue weighted by Gasteiger charge is -2.33. The van der Waals surface area contributed by atoms with E-state index in [0.29, 0.717) is 18.5 Å². The summed E-state index contributed by atoms with van der Waals surface area (Å²) in [4.78, 5) is 28.5. The number of rotatable bonds is 4. The van der Waals surface area contributed by atoms with Gasteiger partial charge in [0.15, 0.2) is 0 Å². The number of carbonyl (C=O) groups is 2. The molecule has 1 heterocycles. The maximum absolute atomic E-state index is 12.6. The highest BCUT2D eigenvalue weighted by molar-refractivity contribution is 5.94. The van der Waals surface area contributed by atoms with E-state index >= 15 is 0 Å². The van der Waals surface area contributed by atoms with Gasteiger partial charge in [0.1, 0.15) is 0 Å². The molecule has 0 aromatic heterocycles. The number of carbonyl (C=O) groups excluding carboxylic acids is 2. The molecule has 1 aliphatic heterocycles. The highest BCUT2D eigenvalue weighted by atomic mass is 16.2. The molecule has 1 aliphatic carbocycles. The maximum Gasteiger partial charge on any atom is 0.253 e. The summed E-state index contributed by atoms with van der Waals surface area (Å²) in [6, 6.07) is 6.19. The molecular formula is C21H31N3O2. The minimum absolute atomic E-state index is 0.0222. The van der Waals surface area contributed by atoms with Crippen LogP contribution < -0.4 is 10.2 Å². The molecule has 1 aromatic rings. The zero-order valence-corrected chi connectivity index (χ0v) is 16.3. The van der Waals surface area contributed by atoms with E-state index in [-0.39, 0.29) is 11.8 Å². The molecule has 2 atom stereocenters. The second-order valence-electron chi connectivity index (χ2n) is 8.00. The predicted molar refractivity (Wildman–Crippen MR) is 105 cm³/mol. The van der Waals surface area contributed by atoms with Gasteiger partial charge in [-0.05, 0) is 55.4 Å². The van der Waals surface area contributed by atoms with E-state index in [2.05, 4.69) is 17.1 Å². The molecular weight excluding hydrogens is 326 g/mol. The Morgan fingerprint density at radius 3 is 2.69 bits per heavy atom. The number of nitrogens with one attached hydrogen (secondary N) is 1. The van der Waals surface area contributed by atoms with Gasteiger partial charge in [-0.25, -0.2) is 0 Å². The Bertz CT molecular complexity index is 671. The van der Waals surface area contributed by atoms with Gasteiger partial charge in [0.2, 0.25) is 5.91 Å². The van der Waals surface area contributed by atoms with Crippen molar-refractivity contribution in [2.75, 3.05) is 32.1 Å². The fourth-order valence-electron chi connectivity index (χ4n) is 4.19. The zero-order chi connectivity index (χ0) is 18.7. The van der Waals surface area contributed by atoms with Crippen molar-refractivity contribution in [3.8, 4) is 0 Å². The molecule has 0 spiro atoms. The molecule has 1 saturated carbocycles. The van der Waals surface area contributed by atoms with Gasteiger partial charge in [-0.2, -0.15) is 0 Å². The third-order valence-electron chi connectivity index (χ3n) is 5.74. The van der Waals surface area contributed by atoms with Gasteiger partial charge in [-0.3, -0.25) is 9.59 Å². The molecule has 0 saturated heterocycles. The van der Waals surface area contributed by atoms with Crippen LogP contribution in [0.2, 0.25) is 0 Å². The summed E-state index contributed by atoms with van der Waals surface area (Å²) in [5.41, 5.74) is 2.98. The second-order valence-corrected chi connectivity index (χ2v) is 8.00. The Morgan fingerprint density at radius 2 is 1.96 bits per heavy atom. The van der Waals surface area contributed by atoms with Gasteiger partial charge in [0.05, 0.1) is 6.54 Å². The van der Waals surface area contributed by atoms with Gasteiger partial charge in [-0.1, -0.05) is 19.8 Å². The quantitative estimate of drug-likeness (QED) is 0.901. The van der Waals surface area contributed by atoms with Gasteiger partial charge in [-0.15, -0.1) is 0 Å². The van der Waals surface area contributed by atoms with Crippen molar-refractivity contribution in [3.05, 3.63) is 29.3 Å². The van der Waals surface area contributed by atoms with Crippen LogP contribution >= 0.6 is 0 Å². The lowest BCUT2D eigenvalue weighted by Crippen LogP contribution is -2.46. The Hall–Kier alpha value is -2.04. The third-order valence-corrected chi connectivity index (χ3v) is 5.74. The average Bonchev–Trinajstić information content (AvgIpc) is 2.62. The topological polar surface area (TPSA) is 52.7 Å². The number of nitrogens with zero attached hydrogens (tertiary/aromatic N) is 2. The summed E-state index contributed by atoms with van der Waals surface area (Å²) in [5, 5.41) is 3.25. The van der Waals surface area contributed by atoms with Crippen LogP contribution in [-0.4, -0.2) is 49.9 Å². The van der Waals surface area contributed by atoms with Crippen LogP contribution in [0.25, 0.3) is 0 Å². The van der Waals surface area contributed by atoms with E-state index in [1.807, 2.05) is 18.2 Å². The van der Waals surface area contributed by atoms with E-state index in [0.717, 1.165) is 37.1 Å². The summed E-state index contributed by atoms with van der Waals surface area (Å²) < 4.78 is 0. The molecule has 2 amide bonds. The summed E-state index contributed by atoms with van der Waals surface area (Å²) >= 11 is 0. The van der Waals surface area contributed by atoms with Crippen LogP contribution in [-0.2, 0) is 11.2 Å². The first-order valence-electron chi connectivity index (χ1n) is 9.84. The molecule has 0 radical (unpaired) electrons. The van der Waals surface area contributed by atoms with Crippen LogP contribution in [0.4, 0.5) is 5.69 Å². The lowest BCUT2D eigenvalue weighted by atomic mass is 9.86. The fourth-order valence-corrected chi connectivity index (χ4v) is 4.19. The minimum atomic E-state index is 0.0222. The number of anilines is 1.